The van der Waals surface area contributed by atoms with Crippen LogP contribution < -0.4 is 5.32 Å². The summed E-state index contributed by atoms with van der Waals surface area (Å²) in [5.74, 6) is 0. The standard InChI is InChI=1S/C13H19NOS/c1-9-7-11(13(15-2)5-6-13)12(16-9)8-14-10-3-4-10/h7,10,14H,3-6,8H2,1-2H3. The topological polar surface area (TPSA) is 21.3 Å². The fourth-order valence-electron chi connectivity index (χ4n) is 2.30. The molecular formula is C13H19NOS. The van der Waals surface area contributed by atoms with Gasteiger partial charge in [-0.05, 0) is 44.2 Å². The summed E-state index contributed by atoms with van der Waals surface area (Å²) < 4.78 is 5.69. The zero-order chi connectivity index (χ0) is 11.2. The van der Waals surface area contributed by atoms with Gasteiger partial charge in [0.05, 0.1) is 5.60 Å². The van der Waals surface area contributed by atoms with E-state index in [1.54, 1.807) is 0 Å². The van der Waals surface area contributed by atoms with Crippen molar-refractivity contribution in [1.82, 2.24) is 5.32 Å². The van der Waals surface area contributed by atoms with E-state index in [4.69, 9.17) is 4.74 Å². The first kappa shape index (κ1) is 10.8. The largest absolute Gasteiger partial charge is 0.373 e. The van der Waals surface area contributed by atoms with E-state index in [0.29, 0.717) is 0 Å². The zero-order valence-corrected chi connectivity index (χ0v) is 10.8. The van der Waals surface area contributed by atoms with Gasteiger partial charge in [-0.25, -0.2) is 0 Å². The average molecular weight is 237 g/mol. The van der Waals surface area contributed by atoms with E-state index in [1.165, 1.54) is 41.0 Å². The SMILES string of the molecule is COC1(c2cc(C)sc2CNC2CC2)CC1. The molecule has 0 aliphatic heterocycles. The summed E-state index contributed by atoms with van der Waals surface area (Å²) in [5, 5.41) is 3.61. The minimum absolute atomic E-state index is 0.0747. The highest BCUT2D eigenvalue weighted by atomic mass is 32.1. The summed E-state index contributed by atoms with van der Waals surface area (Å²) in [7, 11) is 1.85. The number of ether oxygens (including phenoxy) is 1. The van der Waals surface area contributed by atoms with Crippen LogP contribution in [0.3, 0.4) is 0 Å². The van der Waals surface area contributed by atoms with E-state index in [1.807, 2.05) is 18.4 Å². The monoisotopic (exact) mass is 237 g/mol. The lowest BCUT2D eigenvalue weighted by Gasteiger charge is -2.14. The number of aryl methyl sites for hydroxylation is 1. The van der Waals surface area contributed by atoms with Crippen molar-refractivity contribution in [1.29, 1.82) is 0 Å². The van der Waals surface area contributed by atoms with Gasteiger partial charge < -0.3 is 10.1 Å². The maximum absolute atomic E-state index is 5.69. The molecule has 1 N–H and O–H groups in total. The summed E-state index contributed by atoms with van der Waals surface area (Å²) in [5.41, 5.74) is 1.52. The molecule has 0 radical (unpaired) electrons. The molecular weight excluding hydrogens is 218 g/mol. The fraction of sp³-hybridized carbons (Fsp3) is 0.692. The third-order valence-corrected chi connectivity index (χ3v) is 4.70. The summed E-state index contributed by atoms with van der Waals surface area (Å²) in [6.45, 7) is 3.23. The lowest BCUT2D eigenvalue weighted by molar-refractivity contribution is 0.0785. The molecule has 0 aromatic carbocycles. The maximum Gasteiger partial charge on any atom is 0.0941 e. The quantitative estimate of drug-likeness (QED) is 0.850. The van der Waals surface area contributed by atoms with Crippen LogP contribution in [0.4, 0.5) is 0 Å². The van der Waals surface area contributed by atoms with Crippen LogP contribution in [0, 0.1) is 6.92 Å². The molecule has 2 aliphatic carbocycles. The number of methoxy groups -OCH3 is 1. The van der Waals surface area contributed by atoms with E-state index in [-0.39, 0.29) is 5.60 Å². The maximum atomic E-state index is 5.69. The van der Waals surface area contributed by atoms with Crippen LogP contribution in [0.15, 0.2) is 6.07 Å². The number of nitrogens with one attached hydrogen (secondary N) is 1. The first-order valence-electron chi connectivity index (χ1n) is 6.12. The van der Waals surface area contributed by atoms with Gasteiger partial charge in [-0.2, -0.15) is 0 Å². The predicted octanol–water partition coefficient (Wildman–Crippen LogP) is 2.94. The normalized spacial score (nSPS) is 22.4. The van der Waals surface area contributed by atoms with Gasteiger partial charge >= 0.3 is 0 Å². The molecule has 0 bridgehead atoms. The molecule has 3 heteroatoms. The summed E-state index contributed by atoms with van der Waals surface area (Å²) in [4.78, 5) is 2.90. The molecule has 0 amide bonds. The van der Waals surface area contributed by atoms with E-state index in [2.05, 4.69) is 18.3 Å². The van der Waals surface area contributed by atoms with Gasteiger partial charge in [0, 0.05) is 29.5 Å². The van der Waals surface area contributed by atoms with Crippen molar-refractivity contribution >= 4 is 11.3 Å². The van der Waals surface area contributed by atoms with Crippen LogP contribution >= 0.6 is 11.3 Å². The molecule has 0 spiro atoms. The first-order chi connectivity index (χ1) is 7.73. The predicted molar refractivity (Wildman–Crippen MR) is 66.8 cm³/mol. The van der Waals surface area contributed by atoms with Gasteiger partial charge in [-0.1, -0.05) is 0 Å². The Hall–Kier alpha value is -0.380. The summed E-state index contributed by atoms with van der Waals surface area (Å²) >= 11 is 1.92. The van der Waals surface area contributed by atoms with Crippen LogP contribution in [0.5, 0.6) is 0 Å². The highest BCUT2D eigenvalue weighted by Gasteiger charge is 2.46. The number of hydrogen-bond acceptors (Lipinski definition) is 3. The van der Waals surface area contributed by atoms with E-state index in [0.717, 1.165) is 12.6 Å². The third-order valence-electron chi connectivity index (χ3n) is 3.65. The molecule has 2 aliphatic rings. The molecule has 88 valence electrons. The molecule has 2 nitrogen and oxygen atoms in total. The van der Waals surface area contributed by atoms with Crippen LogP contribution in [-0.2, 0) is 16.9 Å². The van der Waals surface area contributed by atoms with Crippen LogP contribution in [0.2, 0.25) is 0 Å². The third kappa shape index (κ3) is 1.92. The number of thiophene rings is 1. The summed E-state index contributed by atoms with van der Waals surface area (Å²) in [6.07, 6.45) is 5.09. The van der Waals surface area contributed by atoms with Crippen molar-refractivity contribution in [3.05, 3.63) is 21.4 Å². The smallest absolute Gasteiger partial charge is 0.0941 e. The average Bonchev–Trinajstić information content (AvgIpc) is 3.17. The Bertz CT molecular complexity index is 391. The Morgan fingerprint density at radius 3 is 2.81 bits per heavy atom. The second-order valence-corrected chi connectivity index (χ2v) is 6.39. The van der Waals surface area contributed by atoms with Gasteiger partial charge in [0.1, 0.15) is 0 Å². The Labute approximate surface area is 101 Å². The van der Waals surface area contributed by atoms with Crippen molar-refractivity contribution in [2.45, 2.75) is 50.8 Å². The molecule has 1 heterocycles. The Morgan fingerprint density at radius 1 is 1.50 bits per heavy atom. The van der Waals surface area contributed by atoms with Gasteiger partial charge in [-0.15, -0.1) is 11.3 Å². The molecule has 2 saturated carbocycles. The molecule has 2 fully saturated rings. The van der Waals surface area contributed by atoms with Gasteiger partial charge in [0.15, 0.2) is 0 Å². The lowest BCUT2D eigenvalue weighted by atomic mass is 10.1. The number of rotatable bonds is 5. The highest BCUT2D eigenvalue weighted by Crippen LogP contribution is 2.51. The van der Waals surface area contributed by atoms with Gasteiger partial charge in [0.25, 0.3) is 0 Å². The van der Waals surface area contributed by atoms with Crippen LogP contribution in [0.25, 0.3) is 0 Å². The van der Waals surface area contributed by atoms with Crippen molar-refractivity contribution in [2.24, 2.45) is 0 Å². The molecule has 3 rings (SSSR count). The Morgan fingerprint density at radius 2 is 2.25 bits per heavy atom. The van der Waals surface area contributed by atoms with Gasteiger partial charge in [0.2, 0.25) is 0 Å². The molecule has 16 heavy (non-hydrogen) atoms. The lowest BCUT2D eigenvalue weighted by Crippen LogP contribution is -2.18. The minimum atomic E-state index is 0.0747. The van der Waals surface area contributed by atoms with Crippen molar-refractivity contribution in [2.75, 3.05) is 7.11 Å². The second kappa shape index (κ2) is 3.83. The highest BCUT2D eigenvalue weighted by molar-refractivity contribution is 7.12. The molecule has 1 aromatic rings. The van der Waals surface area contributed by atoms with Gasteiger partial charge in [-0.3, -0.25) is 0 Å². The first-order valence-corrected chi connectivity index (χ1v) is 6.93. The second-order valence-electron chi connectivity index (χ2n) is 5.05. The Balaban J connectivity index is 1.79. The van der Waals surface area contributed by atoms with E-state index >= 15 is 0 Å². The van der Waals surface area contributed by atoms with Crippen molar-refractivity contribution in [3.8, 4) is 0 Å². The zero-order valence-electron chi connectivity index (χ0n) is 10.0. The van der Waals surface area contributed by atoms with E-state index in [9.17, 15) is 0 Å². The Kier molecular flexibility index (Phi) is 2.57. The summed E-state index contributed by atoms with van der Waals surface area (Å²) in [6, 6.07) is 3.11. The minimum Gasteiger partial charge on any atom is -0.373 e. The fourth-order valence-corrected chi connectivity index (χ4v) is 3.38. The molecule has 0 atom stereocenters. The number of hydrogen-bond donors (Lipinski definition) is 1. The van der Waals surface area contributed by atoms with Crippen molar-refractivity contribution in [3.63, 3.8) is 0 Å². The van der Waals surface area contributed by atoms with E-state index < -0.39 is 0 Å². The molecule has 0 saturated heterocycles. The molecule has 0 unspecified atom stereocenters. The van der Waals surface area contributed by atoms with Crippen LogP contribution in [-0.4, -0.2) is 13.2 Å². The van der Waals surface area contributed by atoms with Crippen molar-refractivity contribution < 1.29 is 4.74 Å². The van der Waals surface area contributed by atoms with Crippen LogP contribution in [0.1, 0.15) is 41.0 Å². The molecule has 1 aromatic heterocycles.